The van der Waals surface area contributed by atoms with Gasteiger partial charge in [-0.15, -0.1) is 0 Å². The number of nitrogens with zero attached hydrogens (tertiary/aromatic N) is 4. The maximum absolute atomic E-state index is 4.13. The Hall–Kier alpha value is -1.69. The van der Waals surface area contributed by atoms with E-state index in [4.69, 9.17) is 0 Å². The van der Waals surface area contributed by atoms with Gasteiger partial charge in [0, 0.05) is 25.7 Å². The van der Waals surface area contributed by atoms with Gasteiger partial charge in [0.05, 0.1) is 12.0 Å². The summed E-state index contributed by atoms with van der Waals surface area (Å²) in [6.07, 6.45) is 7.30. The molecule has 0 aliphatic carbocycles. The van der Waals surface area contributed by atoms with Gasteiger partial charge in [-0.3, -0.25) is 5.10 Å². The van der Waals surface area contributed by atoms with E-state index in [1.807, 2.05) is 12.5 Å². The van der Waals surface area contributed by atoms with Crippen LogP contribution in [0.4, 0.5) is 0 Å². The monoisotopic (exact) mass is 234 g/mol. The van der Waals surface area contributed by atoms with E-state index in [2.05, 4.69) is 37.0 Å². The highest BCUT2D eigenvalue weighted by Gasteiger charge is 1.99. The van der Waals surface area contributed by atoms with Gasteiger partial charge in [-0.25, -0.2) is 9.97 Å². The standard InChI is InChI=1S/C11H18N6/c1-2-17-9-13-7-10(17)6-12-5-3-4-11-14-8-15-16-11/h7-9,12H,2-6H2,1H3,(H,14,15,16). The van der Waals surface area contributed by atoms with Gasteiger partial charge in [-0.2, -0.15) is 5.10 Å². The molecule has 2 heterocycles. The lowest BCUT2D eigenvalue weighted by molar-refractivity contribution is 0.604. The molecule has 0 aliphatic heterocycles. The zero-order valence-electron chi connectivity index (χ0n) is 10.1. The summed E-state index contributed by atoms with van der Waals surface area (Å²) in [5.41, 5.74) is 1.23. The van der Waals surface area contributed by atoms with Crippen LogP contribution in [0.3, 0.4) is 0 Å². The van der Waals surface area contributed by atoms with Crippen LogP contribution < -0.4 is 5.32 Å². The third kappa shape index (κ3) is 3.39. The van der Waals surface area contributed by atoms with Gasteiger partial charge >= 0.3 is 0 Å². The van der Waals surface area contributed by atoms with Crippen LogP contribution in [-0.4, -0.2) is 31.3 Å². The number of imidazole rings is 1. The molecule has 0 unspecified atom stereocenters. The Balaban J connectivity index is 1.63. The molecule has 6 heteroatoms. The Morgan fingerprint density at radius 2 is 2.41 bits per heavy atom. The number of hydrogen-bond donors (Lipinski definition) is 2. The van der Waals surface area contributed by atoms with Crippen molar-refractivity contribution in [1.82, 2.24) is 30.0 Å². The first kappa shape index (κ1) is 11.8. The van der Waals surface area contributed by atoms with Crippen molar-refractivity contribution in [1.29, 1.82) is 0 Å². The molecule has 0 atom stereocenters. The molecule has 0 radical (unpaired) electrons. The number of hydrogen-bond acceptors (Lipinski definition) is 4. The van der Waals surface area contributed by atoms with Crippen molar-refractivity contribution in [2.24, 2.45) is 0 Å². The fourth-order valence-electron chi connectivity index (χ4n) is 1.73. The third-order valence-electron chi connectivity index (χ3n) is 2.68. The van der Waals surface area contributed by atoms with E-state index in [0.717, 1.165) is 38.3 Å². The first-order valence-corrected chi connectivity index (χ1v) is 5.94. The number of aromatic amines is 1. The maximum Gasteiger partial charge on any atom is 0.137 e. The molecule has 0 saturated carbocycles. The molecule has 17 heavy (non-hydrogen) atoms. The third-order valence-corrected chi connectivity index (χ3v) is 2.68. The van der Waals surface area contributed by atoms with Crippen molar-refractivity contribution >= 4 is 0 Å². The fraction of sp³-hybridized carbons (Fsp3) is 0.545. The predicted molar refractivity (Wildman–Crippen MR) is 64.3 cm³/mol. The second-order valence-electron chi connectivity index (χ2n) is 3.88. The number of H-pyrrole nitrogens is 1. The van der Waals surface area contributed by atoms with E-state index in [1.54, 1.807) is 6.33 Å². The van der Waals surface area contributed by atoms with Crippen LogP contribution in [0.15, 0.2) is 18.9 Å². The van der Waals surface area contributed by atoms with E-state index in [9.17, 15) is 0 Å². The summed E-state index contributed by atoms with van der Waals surface area (Å²) < 4.78 is 2.14. The highest BCUT2D eigenvalue weighted by Crippen LogP contribution is 1.98. The van der Waals surface area contributed by atoms with Gasteiger partial charge in [-0.05, 0) is 19.9 Å². The van der Waals surface area contributed by atoms with Crippen LogP contribution in [0.25, 0.3) is 0 Å². The van der Waals surface area contributed by atoms with Crippen molar-refractivity contribution in [3.63, 3.8) is 0 Å². The Kier molecular flexibility index (Phi) is 4.26. The number of aryl methyl sites for hydroxylation is 2. The molecule has 2 aromatic heterocycles. The molecule has 0 amide bonds. The molecule has 0 spiro atoms. The first-order chi connectivity index (χ1) is 8.40. The van der Waals surface area contributed by atoms with Crippen molar-refractivity contribution in [2.75, 3.05) is 6.54 Å². The second-order valence-corrected chi connectivity index (χ2v) is 3.88. The van der Waals surface area contributed by atoms with Crippen LogP contribution >= 0.6 is 0 Å². The lowest BCUT2D eigenvalue weighted by Crippen LogP contribution is -2.17. The molecule has 0 bridgehead atoms. The van der Waals surface area contributed by atoms with Gasteiger partial charge in [0.25, 0.3) is 0 Å². The van der Waals surface area contributed by atoms with Gasteiger partial charge in [0.15, 0.2) is 0 Å². The molecule has 2 aromatic rings. The predicted octanol–water partition coefficient (Wildman–Crippen LogP) is 0.743. The molecular formula is C11H18N6. The van der Waals surface area contributed by atoms with E-state index >= 15 is 0 Å². The molecule has 6 nitrogen and oxygen atoms in total. The zero-order chi connectivity index (χ0) is 11.9. The summed E-state index contributed by atoms with van der Waals surface area (Å²) in [6.45, 7) is 4.92. The van der Waals surface area contributed by atoms with Crippen LogP contribution in [0.5, 0.6) is 0 Å². The summed E-state index contributed by atoms with van der Waals surface area (Å²) in [4.78, 5) is 8.21. The summed E-state index contributed by atoms with van der Waals surface area (Å²) in [5.74, 6) is 0.949. The molecule has 0 aromatic carbocycles. The van der Waals surface area contributed by atoms with Crippen LogP contribution in [0, 0.1) is 0 Å². The van der Waals surface area contributed by atoms with Gasteiger partial charge < -0.3 is 9.88 Å². The zero-order valence-corrected chi connectivity index (χ0v) is 10.1. The summed E-state index contributed by atoms with van der Waals surface area (Å²) in [5, 5.41) is 10.1. The van der Waals surface area contributed by atoms with Crippen LogP contribution in [0.1, 0.15) is 24.9 Å². The molecular weight excluding hydrogens is 216 g/mol. The molecule has 0 aliphatic rings. The molecule has 0 saturated heterocycles. The number of nitrogens with one attached hydrogen (secondary N) is 2. The minimum absolute atomic E-state index is 0.865. The molecule has 92 valence electrons. The lowest BCUT2D eigenvalue weighted by atomic mass is 10.3. The van der Waals surface area contributed by atoms with Gasteiger partial charge in [0.2, 0.25) is 0 Å². The smallest absolute Gasteiger partial charge is 0.137 e. The first-order valence-electron chi connectivity index (χ1n) is 5.94. The Morgan fingerprint density at radius 1 is 1.47 bits per heavy atom. The average Bonchev–Trinajstić information content (AvgIpc) is 2.98. The van der Waals surface area contributed by atoms with Gasteiger partial charge in [0.1, 0.15) is 12.2 Å². The number of rotatable bonds is 7. The maximum atomic E-state index is 4.13. The lowest BCUT2D eigenvalue weighted by Gasteiger charge is -2.06. The normalized spacial score (nSPS) is 10.9. The van der Waals surface area contributed by atoms with Crippen molar-refractivity contribution in [3.05, 3.63) is 30.4 Å². The van der Waals surface area contributed by atoms with E-state index in [-0.39, 0.29) is 0 Å². The SMILES string of the molecule is CCn1cncc1CNCCCc1ncn[nH]1. The van der Waals surface area contributed by atoms with Crippen molar-refractivity contribution < 1.29 is 0 Å². The highest BCUT2D eigenvalue weighted by molar-refractivity contribution is 4.97. The second kappa shape index (κ2) is 6.15. The molecule has 2 rings (SSSR count). The fourth-order valence-corrected chi connectivity index (χ4v) is 1.73. The van der Waals surface area contributed by atoms with E-state index in [1.165, 1.54) is 5.69 Å². The van der Waals surface area contributed by atoms with Gasteiger partial charge in [-0.1, -0.05) is 0 Å². The molecule has 2 N–H and O–H groups in total. The highest BCUT2D eigenvalue weighted by atomic mass is 15.2. The van der Waals surface area contributed by atoms with Crippen molar-refractivity contribution in [3.8, 4) is 0 Å². The van der Waals surface area contributed by atoms with Crippen LogP contribution in [-0.2, 0) is 19.5 Å². The Morgan fingerprint density at radius 3 is 3.18 bits per heavy atom. The Bertz CT molecular complexity index is 419. The summed E-state index contributed by atoms with van der Waals surface area (Å²) in [7, 11) is 0. The molecule has 0 fully saturated rings. The topological polar surface area (TPSA) is 71.4 Å². The summed E-state index contributed by atoms with van der Waals surface area (Å²) in [6, 6.07) is 0. The summed E-state index contributed by atoms with van der Waals surface area (Å²) >= 11 is 0. The Labute approximate surface area is 100 Å². The average molecular weight is 234 g/mol. The minimum Gasteiger partial charge on any atom is -0.334 e. The van der Waals surface area contributed by atoms with Crippen LogP contribution in [0.2, 0.25) is 0 Å². The number of aromatic nitrogens is 5. The minimum atomic E-state index is 0.865. The quantitative estimate of drug-likeness (QED) is 0.693. The van der Waals surface area contributed by atoms with E-state index in [0.29, 0.717) is 0 Å². The van der Waals surface area contributed by atoms with E-state index < -0.39 is 0 Å². The largest absolute Gasteiger partial charge is 0.334 e. The van der Waals surface area contributed by atoms with Crippen molar-refractivity contribution in [2.45, 2.75) is 32.9 Å².